The van der Waals surface area contributed by atoms with Crippen LogP contribution in [-0.4, -0.2) is 46.6 Å². The van der Waals surface area contributed by atoms with Crippen molar-refractivity contribution >= 4 is 45.7 Å². The molecule has 2 N–H and O–H groups in total. The number of halogens is 1. The molecule has 1 saturated heterocycles. The fraction of sp³-hybridized carbons (Fsp3) is 0.211. The molecule has 0 atom stereocenters. The Morgan fingerprint density at radius 1 is 1.33 bits per heavy atom. The Balaban J connectivity index is 1.44. The Hall–Kier alpha value is -3.24. The van der Waals surface area contributed by atoms with Crippen LogP contribution < -0.4 is 20.3 Å². The molecule has 2 amide bonds. The molecule has 9 nitrogen and oxygen atoms in total. The average Bonchev–Trinajstić information content (AvgIpc) is 3.20. The van der Waals surface area contributed by atoms with Gasteiger partial charge in [-0.05, 0) is 41.2 Å². The summed E-state index contributed by atoms with van der Waals surface area (Å²) >= 11 is 6.95. The van der Waals surface area contributed by atoms with E-state index in [4.69, 9.17) is 17.7 Å². The Morgan fingerprint density at radius 3 is 2.97 bits per heavy atom. The third kappa shape index (κ3) is 4.84. The number of nitrogens with zero attached hydrogens (tertiary/aromatic N) is 4. The third-order valence-electron chi connectivity index (χ3n) is 4.22. The molecule has 154 valence electrons. The predicted molar refractivity (Wildman–Crippen MR) is 113 cm³/mol. The van der Waals surface area contributed by atoms with E-state index in [2.05, 4.69) is 25.8 Å². The van der Waals surface area contributed by atoms with Crippen LogP contribution in [0.2, 0.25) is 5.02 Å². The Labute approximate surface area is 182 Å². The van der Waals surface area contributed by atoms with Gasteiger partial charge in [0.25, 0.3) is 11.1 Å². The van der Waals surface area contributed by atoms with Gasteiger partial charge in [0.05, 0.1) is 13.5 Å². The first-order valence-electron chi connectivity index (χ1n) is 9.49. The molecule has 3 heterocycles. The van der Waals surface area contributed by atoms with E-state index >= 15 is 0 Å². The van der Waals surface area contributed by atoms with Gasteiger partial charge in [-0.3, -0.25) is 14.9 Å². The summed E-state index contributed by atoms with van der Waals surface area (Å²) in [6.07, 6.45) is 0.00586. The maximum atomic E-state index is 12.8. The molecule has 3 aromatic rings. The van der Waals surface area contributed by atoms with Gasteiger partial charge in [0.2, 0.25) is 11.0 Å². The molecule has 1 fully saturated rings. The number of ether oxygens (including phenoxy) is 1. The normalized spacial score (nSPS) is 14.1. The number of piperazine rings is 1. The minimum Gasteiger partial charge on any atom is -0.464 e. The van der Waals surface area contributed by atoms with E-state index < -0.39 is 5.91 Å². The standard InChI is InChI=1S/C19H17ClN6O3S/c20-13-5-3-12(4-6-13)11-29-19-25-24-18(30-19)23-17(28)14-2-1-7-22-16(14)26-9-8-21-15(27)10-26/h1-7H,8-11H2,(H,21,27)(H,23,24,28)/i7D. The van der Waals surface area contributed by atoms with Crippen LogP contribution in [-0.2, 0) is 11.4 Å². The van der Waals surface area contributed by atoms with Crippen molar-refractivity contribution in [2.24, 2.45) is 0 Å². The summed E-state index contributed by atoms with van der Waals surface area (Å²) in [4.78, 5) is 30.4. The lowest BCUT2D eigenvalue weighted by molar-refractivity contribution is -0.120. The SMILES string of the molecule is [2H]c1ccc(C(=O)Nc2nnc(OCc3ccc(Cl)cc3)s2)c(N2CCNC(=O)C2)n1. The van der Waals surface area contributed by atoms with E-state index in [1.165, 1.54) is 12.1 Å². The van der Waals surface area contributed by atoms with Crippen molar-refractivity contribution in [2.75, 3.05) is 29.9 Å². The van der Waals surface area contributed by atoms with Crippen molar-refractivity contribution in [1.29, 1.82) is 0 Å². The lowest BCUT2D eigenvalue weighted by Crippen LogP contribution is -2.48. The van der Waals surface area contributed by atoms with Gasteiger partial charge in [0, 0.05) is 24.3 Å². The molecule has 0 spiro atoms. The fourth-order valence-electron chi connectivity index (χ4n) is 2.80. The second-order valence-electron chi connectivity index (χ2n) is 6.33. The lowest BCUT2D eigenvalue weighted by atomic mass is 10.2. The Morgan fingerprint density at radius 2 is 2.17 bits per heavy atom. The van der Waals surface area contributed by atoms with Crippen LogP contribution in [0, 0.1) is 0 Å². The second-order valence-corrected chi connectivity index (χ2v) is 7.70. The minimum absolute atomic E-state index is 0.00586. The summed E-state index contributed by atoms with van der Waals surface area (Å²) in [6, 6.07) is 10.2. The molecule has 0 unspecified atom stereocenters. The minimum atomic E-state index is -0.464. The predicted octanol–water partition coefficient (Wildman–Crippen LogP) is 2.35. The van der Waals surface area contributed by atoms with Crippen LogP contribution >= 0.6 is 22.9 Å². The van der Waals surface area contributed by atoms with Gasteiger partial charge in [-0.15, -0.1) is 5.10 Å². The third-order valence-corrected chi connectivity index (χ3v) is 5.22. The van der Waals surface area contributed by atoms with Gasteiger partial charge >= 0.3 is 0 Å². The number of amides is 2. The highest BCUT2D eigenvalue weighted by atomic mass is 35.5. The number of nitrogens with one attached hydrogen (secondary N) is 2. The largest absolute Gasteiger partial charge is 0.464 e. The van der Waals surface area contributed by atoms with Crippen molar-refractivity contribution in [3.8, 4) is 5.19 Å². The molecule has 0 aliphatic carbocycles. The van der Waals surface area contributed by atoms with Crippen molar-refractivity contribution in [3.63, 3.8) is 0 Å². The van der Waals surface area contributed by atoms with Gasteiger partial charge in [0.15, 0.2) is 0 Å². The summed E-state index contributed by atoms with van der Waals surface area (Å²) in [6.45, 7) is 1.28. The van der Waals surface area contributed by atoms with E-state index in [9.17, 15) is 9.59 Å². The molecular weight excluding hydrogens is 428 g/mol. The van der Waals surface area contributed by atoms with Crippen molar-refractivity contribution in [1.82, 2.24) is 20.5 Å². The average molecular weight is 446 g/mol. The molecule has 1 aliphatic rings. The number of benzene rings is 1. The number of rotatable bonds is 6. The number of hydrogen-bond acceptors (Lipinski definition) is 8. The van der Waals surface area contributed by atoms with E-state index in [0.717, 1.165) is 16.9 Å². The van der Waals surface area contributed by atoms with Crippen molar-refractivity contribution < 1.29 is 15.7 Å². The lowest BCUT2D eigenvalue weighted by Gasteiger charge is -2.28. The second kappa shape index (κ2) is 9.06. The smallest absolute Gasteiger partial charge is 0.296 e. The van der Waals surface area contributed by atoms with Crippen LogP contribution in [0.5, 0.6) is 5.19 Å². The van der Waals surface area contributed by atoms with E-state index in [0.29, 0.717) is 23.3 Å². The number of pyridine rings is 1. The Kier molecular flexibility index (Phi) is 5.67. The molecule has 2 aromatic heterocycles. The molecule has 0 bridgehead atoms. The first-order chi connectivity index (χ1) is 15.0. The van der Waals surface area contributed by atoms with Crippen molar-refractivity contribution in [3.05, 3.63) is 58.7 Å². The zero-order valence-corrected chi connectivity index (χ0v) is 17.2. The first kappa shape index (κ1) is 18.8. The summed E-state index contributed by atoms with van der Waals surface area (Å²) in [5, 5.41) is 14.5. The fourth-order valence-corrected chi connectivity index (χ4v) is 3.52. The topological polar surface area (TPSA) is 109 Å². The first-order valence-corrected chi connectivity index (χ1v) is 10.2. The van der Waals surface area contributed by atoms with E-state index in [1.807, 2.05) is 12.1 Å². The molecule has 0 saturated carbocycles. The van der Waals surface area contributed by atoms with Gasteiger partial charge in [0.1, 0.15) is 12.4 Å². The van der Waals surface area contributed by atoms with E-state index in [-0.39, 0.29) is 41.7 Å². The van der Waals surface area contributed by atoms with Gasteiger partial charge in [-0.25, -0.2) is 4.98 Å². The molecule has 1 aromatic carbocycles. The summed E-state index contributed by atoms with van der Waals surface area (Å²) < 4.78 is 13.4. The summed E-state index contributed by atoms with van der Waals surface area (Å²) in [5.74, 6) is -0.348. The van der Waals surface area contributed by atoms with E-state index in [1.54, 1.807) is 17.0 Å². The Bertz CT molecular complexity index is 1110. The molecule has 1 aliphatic heterocycles. The zero-order chi connectivity index (χ0) is 21.8. The number of carbonyl (C=O) groups excluding carboxylic acids is 2. The molecular formula is C19H17ClN6O3S. The molecule has 30 heavy (non-hydrogen) atoms. The van der Waals surface area contributed by atoms with Gasteiger partial charge in [-0.2, -0.15) is 0 Å². The molecule has 11 heteroatoms. The molecule has 4 rings (SSSR count). The maximum absolute atomic E-state index is 12.8. The van der Waals surface area contributed by atoms with Gasteiger partial charge < -0.3 is 15.0 Å². The summed E-state index contributed by atoms with van der Waals surface area (Å²) in [5.41, 5.74) is 1.16. The van der Waals surface area contributed by atoms with Crippen LogP contribution in [0.1, 0.15) is 17.3 Å². The number of hydrogen-bond donors (Lipinski definition) is 2. The highest BCUT2D eigenvalue weighted by Gasteiger charge is 2.23. The highest BCUT2D eigenvalue weighted by molar-refractivity contribution is 7.17. The van der Waals surface area contributed by atoms with Crippen LogP contribution in [0.25, 0.3) is 0 Å². The van der Waals surface area contributed by atoms with Gasteiger partial charge in [-0.1, -0.05) is 28.8 Å². The number of carbonyl (C=O) groups is 2. The summed E-state index contributed by atoms with van der Waals surface area (Å²) in [7, 11) is 0. The highest BCUT2D eigenvalue weighted by Crippen LogP contribution is 2.25. The van der Waals surface area contributed by atoms with Crippen molar-refractivity contribution in [2.45, 2.75) is 6.61 Å². The zero-order valence-electron chi connectivity index (χ0n) is 16.6. The van der Waals surface area contributed by atoms with Crippen LogP contribution in [0.4, 0.5) is 10.9 Å². The van der Waals surface area contributed by atoms with Crippen LogP contribution in [0.15, 0.2) is 42.6 Å². The quantitative estimate of drug-likeness (QED) is 0.599. The monoisotopic (exact) mass is 445 g/mol. The van der Waals surface area contributed by atoms with Crippen LogP contribution in [0.3, 0.4) is 0 Å². The maximum Gasteiger partial charge on any atom is 0.296 e. The number of aromatic nitrogens is 3. The number of anilines is 2. The molecule has 0 radical (unpaired) electrons.